The molecule has 0 spiro atoms. The molecule has 2 amide bonds. The van der Waals surface area contributed by atoms with Crippen molar-refractivity contribution in [3.05, 3.63) is 84.4 Å². The van der Waals surface area contributed by atoms with Gasteiger partial charge in [-0.25, -0.2) is 9.59 Å². The van der Waals surface area contributed by atoms with Gasteiger partial charge >= 0.3 is 12.1 Å². The Labute approximate surface area is 188 Å². The molecule has 2 aromatic rings. The Hall–Kier alpha value is -3.61. The van der Waals surface area contributed by atoms with Crippen LogP contribution < -0.4 is 10.6 Å². The molecule has 2 aromatic carbocycles. The summed E-state index contributed by atoms with van der Waals surface area (Å²) in [6.07, 6.45) is 1.65. The Morgan fingerprint density at radius 3 is 2.16 bits per heavy atom. The summed E-state index contributed by atoms with van der Waals surface area (Å²) in [5.41, 5.74) is 0.554. The van der Waals surface area contributed by atoms with E-state index in [9.17, 15) is 14.4 Å². The third-order valence-corrected chi connectivity index (χ3v) is 4.69. The molecule has 7 heteroatoms. The van der Waals surface area contributed by atoms with E-state index in [0.717, 1.165) is 11.1 Å². The first-order valence-corrected chi connectivity index (χ1v) is 10.4. The van der Waals surface area contributed by atoms with Crippen molar-refractivity contribution in [3.63, 3.8) is 0 Å². The average Bonchev–Trinajstić information content (AvgIpc) is 2.79. The minimum absolute atomic E-state index is 0.0456. The van der Waals surface area contributed by atoms with Gasteiger partial charge < -0.3 is 20.1 Å². The summed E-state index contributed by atoms with van der Waals surface area (Å²) < 4.78 is 10.3. The number of aryl methyl sites for hydroxylation is 1. The van der Waals surface area contributed by atoms with Gasteiger partial charge in [-0.2, -0.15) is 0 Å². The minimum Gasteiger partial charge on any atom is -0.460 e. The highest BCUT2D eigenvalue weighted by molar-refractivity contribution is 5.92. The standard InChI is InChI=1S/C25H30N2O5/c1-4-17-31-22(28)21(16-15-19-11-7-5-8-12-19)26-23(29)25(2,3)27-24(30)32-18-20-13-9-6-10-14-20/h4-14,21H,1,15-18H2,2-3H3,(H,26,29)(H,27,30). The fraction of sp³-hybridized carbons (Fsp3) is 0.320. The van der Waals surface area contributed by atoms with Crippen molar-refractivity contribution >= 4 is 18.0 Å². The van der Waals surface area contributed by atoms with Crippen LogP contribution in [0.3, 0.4) is 0 Å². The Morgan fingerprint density at radius 2 is 1.56 bits per heavy atom. The van der Waals surface area contributed by atoms with Crippen LogP contribution in [0.5, 0.6) is 0 Å². The molecule has 0 aliphatic carbocycles. The highest BCUT2D eigenvalue weighted by Gasteiger charge is 2.33. The van der Waals surface area contributed by atoms with Crippen molar-refractivity contribution in [1.29, 1.82) is 0 Å². The summed E-state index contributed by atoms with van der Waals surface area (Å²) in [5, 5.41) is 5.24. The number of carbonyl (C=O) groups excluding carboxylic acids is 3. The number of ether oxygens (including phenoxy) is 2. The summed E-state index contributed by atoms with van der Waals surface area (Å²) in [5.74, 6) is -1.08. The smallest absolute Gasteiger partial charge is 0.408 e. The maximum atomic E-state index is 12.9. The van der Waals surface area contributed by atoms with Crippen LogP contribution in [-0.2, 0) is 32.1 Å². The number of carbonyl (C=O) groups is 3. The van der Waals surface area contributed by atoms with E-state index >= 15 is 0 Å². The quantitative estimate of drug-likeness (QED) is 0.413. The predicted molar refractivity (Wildman–Crippen MR) is 122 cm³/mol. The van der Waals surface area contributed by atoms with Crippen molar-refractivity contribution in [3.8, 4) is 0 Å². The van der Waals surface area contributed by atoms with E-state index in [0.29, 0.717) is 12.8 Å². The molecule has 2 rings (SSSR count). The first-order valence-electron chi connectivity index (χ1n) is 10.4. The summed E-state index contributed by atoms with van der Waals surface area (Å²) in [7, 11) is 0. The molecule has 0 fully saturated rings. The van der Waals surface area contributed by atoms with Gasteiger partial charge in [-0.1, -0.05) is 73.3 Å². The number of hydrogen-bond acceptors (Lipinski definition) is 5. The van der Waals surface area contributed by atoms with Gasteiger partial charge in [-0.3, -0.25) is 4.79 Å². The van der Waals surface area contributed by atoms with Crippen LogP contribution in [0.2, 0.25) is 0 Å². The molecule has 0 aliphatic rings. The molecule has 0 aromatic heterocycles. The number of nitrogens with one attached hydrogen (secondary N) is 2. The molecule has 170 valence electrons. The number of hydrogen-bond donors (Lipinski definition) is 2. The van der Waals surface area contributed by atoms with Crippen molar-refractivity contribution in [1.82, 2.24) is 10.6 Å². The number of alkyl carbamates (subject to hydrolysis) is 1. The van der Waals surface area contributed by atoms with Crippen LogP contribution >= 0.6 is 0 Å². The number of benzene rings is 2. The Morgan fingerprint density at radius 1 is 0.969 bits per heavy atom. The first-order chi connectivity index (χ1) is 15.3. The Balaban J connectivity index is 1.95. The van der Waals surface area contributed by atoms with Gasteiger partial charge in [0.05, 0.1) is 0 Å². The second kappa shape index (κ2) is 12.3. The molecule has 0 bridgehead atoms. The predicted octanol–water partition coefficient (Wildman–Crippen LogP) is 3.54. The molecule has 7 nitrogen and oxygen atoms in total. The number of rotatable bonds is 11. The summed E-state index contributed by atoms with van der Waals surface area (Å²) in [4.78, 5) is 37.5. The zero-order chi connectivity index (χ0) is 23.4. The van der Waals surface area contributed by atoms with Gasteiger partial charge in [0.1, 0.15) is 24.8 Å². The molecule has 0 saturated carbocycles. The van der Waals surface area contributed by atoms with E-state index in [2.05, 4.69) is 17.2 Å². The van der Waals surface area contributed by atoms with Crippen molar-refractivity contribution < 1.29 is 23.9 Å². The third-order valence-electron chi connectivity index (χ3n) is 4.69. The van der Waals surface area contributed by atoms with Crippen LogP contribution in [0.25, 0.3) is 0 Å². The van der Waals surface area contributed by atoms with Gasteiger partial charge in [0.2, 0.25) is 5.91 Å². The van der Waals surface area contributed by atoms with E-state index in [4.69, 9.17) is 9.47 Å². The van der Waals surface area contributed by atoms with Crippen LogP contribution in [0, 0.1) is 0 Å². The van der Waals surface area contributed by atoms with Crippen molar-refractivity contribution in [2.45, 2.75) is 44.9 Å². The summed E-state index contributed by atoms with van der Waals surface area (Å²) in [6, 6.07) is 18.0. The lowest BCUT2D eigenvalue weighted by atomic mass is 10.0. The lowest BCUT2D eigenvalue weighted by Crippen LogP contribution is -2.58. The normalized spacial score (nSPS) is 11.7. The molecule has 0 saturated heterocycles. The van der Waals surface area contributed by atoms with Crippen LogP contribution in [-0.4, -0.2) is 36.2 Å². The van der Waals surface area contributed by atoms with Gasteiger partial charge in [0.25, 0.3) is 0 Å². The summed E-state index contributed by atoms with van der Waals surface area (Å²) >= 11 is 0. The van der Waals surface area contributed by atoms with Gasteiger partial charge in [0, 0.05) is 0 Å². The molecule has 0 aliphatic heterocycles. The maximum absolute atomic E-state index is 12.9. The number of amides is 2. The van der Waals surface area contributed by atoms with E-state index in [1.165, 1.54) is 19.9 Å². The molecule has 0 radical (unpaired) electrons. The van der Waals surface area contributed by atoms with Crippen LogP contribution in [0.4, 0.5) is 4.79 Å². The molecular weight excluding hydrogens is 408 g/mol. The van der Waals surface area contributed by atoms with Gasteiger partial charge in [-0.05, 0) is 37.8 Å². The van der Waals surface area contributed by atoms with E-state index < -0.39 is 29.6 Å². The second-order valence-electron chi connectivity index (χ2n) is 7.78. The van der Waals surface area contributed by atoms with E-state index in [1.807, 2.05) is 60.7 Å². The topological polar surface area (TPSA) is 93.7 Å². The Kier molecular flexibility index (Phi) is 9.47. The highest BCUT2D eigenvalue weighted by Crippen LogP contribution is 2.10. The van der Waals surface area contributed by atoms with E-state index in [1.54, 1.807) is 0 Å². The molecule has 32 heavy (non-hydrogen) atoms. The first kappa shape index (κ1) is 24.7. The molecule has 0 heterocycles. The minimum atomic E-state index is -1.31. The SMILES string of the molecule is C=CCOC(=O)C(CCc1ccccc1)NC(=O)C(C)(C)NC(=O)OCc1ccccc1. The fourth-order valence-electron chi connectivity index (χ4n) is 2.86. The zero-order valence-electron chi connectivity index (χ0n) is 18.5. The molecular formula is C25H30N2O5. The lowest BCUT2D eigenvalue weighted by Gasteiger charge is -2.27. The molecule has 1 atom stereocenters. The number of esters is 1. The van der Waals surface area contributed by atoms with Gasteiger partial charge in [-0.15, -0.1) is 0 Å². The maximum Gasteiger partial charge on any atom is 0.408 e. The van der Waals surface area contributed by atoms with Crippen molar-refractivity contribution in [2.75, 3.05) is 6.61 Å². The largest absolute Gasteiger partial charge is 0.460 e. The lowest BCUT2D eigenvalue weighted by molar-refractivity contribution is -0.147. The fourth-order valence-corrected chi connectivity index (χ4v) is 2.86. The van der Waals surface area contributed by atoms with Crippen LogP contribution in [0.15, 0.2) is 73.3 Å². The monoisotopic (exact) mass is 438 g/mol. The van der Waals surface area contributed by atoms with E-state index in [-0.39, 0.29) is 13.2 Å². The third kappa shape index (κ3) is 8.26. The zero-order valence-corrected chi connectivity index (χ0v) is 18.5. The summed E-state index contributed by atoms with van der Waals surface area (Å²) in [6.45, 7) is 6.73. The Bertz CT molecular complexity index is 897. The van der Waals surface area contributed by atoms with Crippen molar-refractivity contribution in [2.24, 2.45) is 0 Å². The molecule has 2 N–H and O–H groups in total. The highest BCUT2D eigenvalue weighted by atomic mass is 16.5. The van der Waals surface area contributed by atoms with Crippen LogP contribution in [0.1, 0.15) is 31.4 Å². The van der Waals surface area contributed by atoms with Gasteiger partial charge in [0.15, 0.2) is 0 Å². The second-order valence-corrected chi connectivity index (χ2v) is 7.78. The average molecular weight is 439 g/mol. The molecule has 1 unspecified atom stereocenters.